The number of hydrogen-bond donors (Lipinski definition) is 1. The van der Waals surface area contributed by atoms with Crippen LogP contribution >= 0.6 is 11.8 Å². The molecule has 0 unspecified atom stereocenters. The molecule has 0 atom stereocenters. The lowest BCUT2D eigenvalue weighted by molar-refractivity contribution is 0.218. The Morgan fingerprint density at radius 1 is 1.57 bits per heavy atom. The lowest BCUT2D eigenvalue weighted by atomic mass is 10.2. The van der Waals surface area contributed by atoms with Gasteiger partial charge in [-0.15, -0.1) is 11.8 Å². The molecule has 0 aromatic heterocycles. The van der Waals surface area contributed by atoms with Crippen molar-refractivity contribution in [3.05, 3.63) is 23.8 Å². The molecule has 0 aliphatic heterocycles. The minimum Gasteiger partial charge on any atom is -0.397 e. The smallest absolute Gasteiger partial charge is 0.101 e. The van der Waals surface area contributed by atoms with Crippen LogP contribution in [0.5, 0.6) is 0 Å². The lowest BCUT2D eigenvalue weighted by Gasteiger charge is -2.05. The maximum Gasteiger partial charge on any atom is 0.101 e. The minimum absolute atomic E-state index is 0.535. The summed E-state index contributed by atoms with van der Waals surface area (Å²) in [5, 5.41) is 8.75. The number of benzene rings is 1. The predicted octanol–water partition coefficient (Wildman–Crippen LogP) is 1.88. The van der Waals surface area contributed by atoms with Crippen molar-refractivity contribution >= 4 is 17.4 Å². The number of rotatable bonds is 4. The van der Waals surface area contributed by atoms with Crippen molar-refractivity contribution in [1.29, 1.82) is 5.26 Å². The molecule has 0 fully saturated rings. The van der Waals surface area contributed by atoms with Gasteiger partial charge in [-0.05, 0) is 12.1 Å². The number of methoxy groups -OCH3 is 1. The fourth-order valence-electron chi connectivity index (χ4n) is 1.00. The van der Waals surface area contributed by atoms with Gasteiger partial charge < -0.3 is 10.5 Å². The second-order valence-corrected chi connectivity index (χ2v) is 3.81. The van der Waals surface area contributed by atoms with E-state index in [1.54, 1.807) is 24.9 Å². The zero-order valence-corrected chi connectivity index (χ0v) is 8.80. The number of hydrogen-bond acceptors (Lipinski definition) is 4. The Morgan fingerprint density at radius 3 is 3.00 bits per heavy atom. The first kappa shape index (κ1) is 10.9. The molecule has 0 saturated heterocycles. The fourth-order valence-corrected chi connectivity index (χ4v) is 1.91. The number of nitrogens with two attached hydrogens (primary N) is 1. The van der Waals surface area contributed by atoms with E-state index in [0.717, 1.165) is 10.6 Å². The summed E-state index contributed by atoms with van der Waals surface area (Å²) in [6, 6.07) is 7.52. The summed E-state index contributed by atoms with van der Waals surface area (Å²) in [5.41, 5.74) is 6.89. The standard InChI is InChI=1S/C10H12N2OS/c1-13-5-6-14-9-4-2-3-8(7-11)10(9)12/h2-4H,5-6,12H2,1H3. The molecule has 1 aromatic rings. The van der Waals surface area contributed by atoms with Gasteiger partial charge in [0, 0.05) is 17.8 Å². The molecule has 0 amide bonds. The van der Waals surface area contributed by atoms with Crippen molar-refractivity contribution < 1.29 is 4.74 Å². The molecule has 14 heavy (non-hydrogen) atoms. The van der Waals surface area contributed by atoms with Crippen molar-refractivity contribution in [2.75, 3.05) is 25.2 Å². The Balaban J connectivity index is 2.73. The summed E-state index contributed by atoms with van der Waals surface area (Å²) in [7, 11) is 1.66. The summed E-state index contributed by atoms with van der Waals surface area (Å²) in [6.45, 7) is 0.681. The number of ether oxygens (including phenoxy) is 1. The molecule has 1 aromatic carbocycles. The Kier molecular flexibility index (Phi) is 4.30. The van der Waals surface area contributed by atoms with E-state index in [9.17, 15) is 0 Å². The molecule has 2 N–H and O–H groups in total. The summed E-state index contributed by atoms with van der Waals surface area (Å²) < 4.78 is 4.93. The molecule has 0 aliphatic rings. The van der Waals surface area contributed by atoms with E-state index >= 15 is 0 Å². The average molecular weight is 208 g/mol. The number of para-hydroxylation sites is 1. The fraction of sp³-hybridized carbons (Fsp3) is 0.300. The third kappa shape index (κ3) is 2.66. The maximum atomic E-state index is 8.75. The van der Waals surface area contributed by atoms with Crippen LogP contribution in [0.1, 0.15) is 5.56 Å². The van der Waals surface area contributed by atoms with Crippen LogP contribution in [0.3, 0.4) is 0 Å². The van der Waals surface area contributed by atoms with Gasteiger partial charge in [-0.1, -0.05) is 6.07 Å². The van der Waals surface area contributed by atoms with Gasteiger partial charge in [0.1, 0.15) is 6.07 Å². The van der Waals surface area contributed by atoms with Gasteiger partial charge in [0.2, 0.25) is 0 Å². The van der Waals surface area contributed by atoms with Crippen molar-refractivity contribution in [2.24, 2.45) is 0 Å². The molecule has 0 saturated carbocycles. The largest absolute Gasteiger partial charge is 0.397 e. The molecule has 0 heterocycles. The Bertz CT molecular complexity index is 346. The first-order valence-electron chi connectivity index (χ1n) is 4.20. The molecule has 3 nitrogen and oxygen atoms in total. The zero-order valence-electron chi connectivity index (χ0n) is 7.99. The molecule has 0 spiro atoms. The third-order valence-corrected chi connectivity index (χ3v) is 2.77. The summed E-state index contributed by atoms with van der Waals surface area (Å²) in [5.74, 6) is 0.843. The molecular weight excluding hydrogens is 196 g/mol. The van der Waals surface area contributed by atoms with Gasteiger partial charge in [-0.2, -0.15) is 5.26 Å². The normalized spacial score (nSPS) is 9.71. The van der Waals surface area contributed by atoms with Crippen LogP contribution in [0.15, 0.2) is 23.1 Å². The van der Waals surface area contributed by atoms with Gasteiger partial charge in [-0.3, -0.25) is 0 Å². The van der Waals surface area contributed by atoms with Crippen LogP contribution in [0, 0.1) is 11.3 Å². The number of nitrogens with zero attached hydrogens (tertiary/aromatic N) is 1. The molecule has 4 heteroatoms. The molecule has 0 radical (unpaired) electrons. The lowest BCUT2D eigenvalue weighted by Crippen LogP contribution is -1.96. The van der Waals surface area contributed by atoms with E-state index in [1.165, 1.54) is 0 Å². The molecule has 74 valence electrons. The SMILES string of the molecule is COCCSc1cccc(C#N)c1N. The van der Waals surface area contributed by atoms with E-state index in [1.807, 2.05) is 12.1 Å². The van der Waals surface area contributed by atoms with Crippen molar-refractivity contribution in [1.82, 2.24) is 0 Å². The van der Waals surface area contributed by atoms with E-state index in [0.29, 0.717) is 17.9 Å². The summed E-state index contributed by atoms with van der Waals surface area (Å²) >= 11 is 1.60. The quantitative estimate of drug-likeness (QED) is 0.466. The highest BCUT2D eigenvalue weighted by Crippen LogP contribution is 2.27. The second kappa shape index (κ2) is 5.53. The van der Waals surface area contributed by atoms with E-state index in [4.69, 9.17) is 15.7 Å². The summed E-state index contributed by atoms with van der Waals surface area (Å²) in [4.78, 5) is 0.945. The molecule has 0 bridgehead atoms. The van der Waals surface area contributed by atoms with Crippen LogP contribution in [-0.2, 0) is 4.74 Å². The average Bonchev–Trinajstić information content (AvgIpc) is 2.21. The summed E-state index contributed by atoms with van der Waals surface area (Å²) in [6.07, 6.45) is 0. The van der Waals surface area contributed by atoms with Crippen molar-refractivity contribution in [2.45, 2.75) is 4.90 Å². The maximum absolute atomic E-state index is 8.75. The van der Waals surface area contributed by atoms with Gasteiger partial charge in [0.05, 0.1) is 17.9 Å². The highest BCUT2D eigenvalue weighted by atomic mass is 32.2. The molecule has 1 rings (SSSR count). The van der Waals surface area contributed by atoms with Crippen LogP contribution in [0.2, 0.25) is 0 Å². The van der Waals surface area contributed by atoms with Gasteiger partial charge in [-0.25, -0.2) is 0 Å². The van der Waals surface area contributed by atoms with Crippen molar-refractivity contribution in [3.63, 3.8) is 0 Å². The Labute approximate surface area is 87.9 Å². The van der Waals surface area contributed by atoms with Gasteiger partial charge in [0.25, 0.3) is 0 Å². The number of nitrogen functional groups attached to an aromatic ring is 1. The van der Waals surface area contributed by atoms with Crippen LogP contribution in [0.4, 0.5) is 5.69 Å². The molecular formula is C10H12N2OS. The molecule has 0 aliphatic carbocycles. The van der Waals surface area contributed by atoms with E-state index in [-0.39, 0.29) is 0 Å². The highest BCUT2D eigenvalue weighted by Gasteiger charge is 2.03. The number of thioether (sulfide) groups is 1. The first-order chi connectivity index (χ1) is 6.79. The van der Waals surface area contributed by atoms with Crippen LogP contribution in [0.25, 0.3) is 0 Å². The van der Waals surface area contributed by atoms with E-state index in [2.05, 4.69) is 6.07 Å². The monoisotopic (exact) mass is 208 g/mol. The van der Waals surface area contributed by atoms with E-state index < -0.39 is 0 Å². The van der Waals surface area contributed by atoms with Crippen LogP contribution in [-0.4, -0.2) is 19.5 Å². The third-order valence-electron chi connectivity index (χ3n) is 1.73. The topological polar surface area (TPSA) is 59.0 Å². The number of nitriles is 1. The van der Waals surface area contributed by atoms with Crippen molar-refractivity contribution in [3.8, 4) is 6.07 Å². The second-order valence-electron chi connectivity index (χ2n) is 2.67. The predicted molar refractivity (Wildman–Crippen MR) is 58.2 cm³/mol. The number of anilines is 1. The van der Waals surface area contributed by atoms with Gasteiger partial charge >= 0.3 is 0 Å². The Morgan fingerprint density at radius 2 is 2.36 bits per heavy atom. The first-order valence-corrected chi connectivity index (χ1v) is 5.18. The zero-order chi connectivity index (χ0) is 10.4. The Hall–Kier alpha value is -1.18. The van der Waals surface area contributed by atoms with Gasteiger partial charge in [0.15, 0.2) is 0 Å². The highest BCUT2D eigenvalue weighted by molar-refractivity contribution is 7.99. The minimum atomic E-state index is 0.535. The van der Waals surface area contributed by atoms with Crippen LogP contribution < -0.4 is 5.73 Å².